The van der Waals surface area contributed by atoms with Crippen LogP contribution in [0.2, 0.25) is 0 Å². The Kier molecular flexibility index (Phi) is 4.54. The zero-order valence-electron chi connectivity index (χ0n) is 13.8. The molecular formula is C17H23N3O3. The third kappa shape index (κ3) is 3.33. The SMILES string of the molecule is COc1ccc2cc(C(=O)N3CCOC[C@H]3CN(C)C)[nH]c2c1. The van der Waals surface area contributed by atoms with Crippen molar-refractivity contribution in [1.82, 2.24) is 14.8 Å². The lowest BCUT2D eigenvalue weighted by Gasteiger charge is -2.36. The molecule has 1 fully saturated rings. The van der Waals surface area contributed by atoms with Gasteiger partial charge in [0.1, 0.15) is 11.4 Å². The summed E-state index contributed by atoms with van der Waals surface area (Å²) in [6, 6.07) is 7.74. The normalized spacial score (nSPS) is 18.6. The number of carbonyl (C=O) groups excluding carboxylic acids is 1. The van der Waals surface area contributed by atoms with Gasteiger partial charge in [-0.3, -0.25) is 4.79 Å². The third-order valence-corrected chi connectivity index (χ3v) is 4.12. The van der Waals surface area contributed by atoms with Gasteiger partial charge in [0.05, 0.1) is 26.4 Å². The van der Waals surface area contributed by atoms with Crippen LogP contribution in [0.15, 0.2) is 24.3 Å². The topological polar surface area (TPSA) is 57.8 Å². The summed E-state index contributed by atoms with van der Waals surface area (Å²) in [6.07, 6.45) is 0. The lowest BCUT2D eigenvalue weighted by molar-refractivity contribution is -0.00854. The number of likely N-dealkylation sites (N-methyl/N-ethyl adjacent to an activating group) is 1. The third-order valence-electron chi connectivity index (χ3n) is 4.12. The zero-order chi connectivity index (χ0) is 16.4. The van der Waals surface area contributed by atoms with E-state index in [9.17, 15) is 4.79 Å². The maximum absolute atomic E-state index is 12.9. The smallest absolute Gasteiger partial charge is 0.270 e. The second kappa shape index (κ2) is 6.60. The molecule has 1 aliphatic heterocycles. The number of H-pyrrole nitrogens is 1. The van der Waals surface area contributed by atoms with Crippen molar-refractivity contribution in [3.8, 4) is 5.75 Å². The van der Waals surface area contributed by atoms with Gasteiger partial charge < -0.3 is 24.3 Å². The van der Waals surface area contributed by atoms with Crippen LogP contribution in [-0.2, 0) is 4.74 Å². The van der Waals surface area contributed by atoms with E-state index in [0.717, 1.165) is 23.2 Å². The standard InChI is InChI=1S/C17H23N3O3/c1-19(2)10-13-11-23-7-6-20(13)17(21)16-8-12-4-5-14(22-3)9-15(12)18-16/h4-5,8-9,13,18H,6-7,10-11H2,1-3H3/t13-/m1/s1. The molecule has 0 radical (unpaired) electrons. The van der Waals surface area contributed by atoms with E-state index in [0.29, 0.717) is 25.5 Å². The van der Waals surface area contributed by atoms with Crippen molar-refractivity contribution < 1.29 is 14.3 Å². The predicted octanol–water partition coefficient (Wildman–Crippen LogP) is 1.58. The molecule has 23 heavy (non-hydrogen) atoms. The molecule has 0 aliphatic carbocycles. The van der Waals surface area contributed by atoms with E-state index < -0.39 is 0 Å². The molecule has 124 valence electrons. The summed E-state index contributed by atoms with van der Waals surface area (Å²) in [4.78, 5) is 20.1. The highest BCUT2D eigenvalue weighted by molar-refractivity contribution is 5.98. The maximum atomic E-state index is 12.9. The number of morpholine rings is 1. The first-order valence-electron chi connectivity index (χ1n) is 7.78. The van der Waals surface area contributed by atoms with E-state index in [4.69, 9.17) is 9.47 Å². The Morgan fingerprint density at radius 1 is 1.43 bits per heavy atom. The molecule has 3 rings (SSSR count). The van der Waals surface area contributed by atoms with Gasteiger partial charge in [-0.05, 0) is 32.3 Å². The Balaban J connectivity index is 1.85. The quantitative estimate of drug-likeness (QED) is 0.930. The van der Waals surface area contributed by atoms with Crippen LogP contribution in [-0.4, -0.2) is 74.2 Å². The average molecular weight is 317 g/mol. The minimum atomic E-state index is 0.0234. The lowest BCUT2D eigenvalue weighted by atomic mass is 10.2. The first-order chi connectivity index (χ1) is 11.1. The Bertz CT molecular complexity index is 695. The zero-order valence-corrected chi connectivity index (χ0v) is 13.8. The van der Waals surface area contributed by atoms with Crippen molar-refractivity contribution in [2.75, 3.05) is 47.5 Å². The fraction of sp³-hybridized carbons (Fsp3) is 0.471. The van der Waals surface area contributed by atoms with Crippen LogP contribution in [0.5, 0.6) is 5.75 Å². The molecule has 1 atom stereocenters. The number of aromatic amines is 1. The summed E-state index contributed by atoms with van der Waals surface area (Å²) in [5.41, 5.74) is 1.52. The first kappa shape index (κ1) is 15.8. The van der Waals surface area contributed by atoms with Gasteiger partial charge in [-0.25, -0.2) is 0 Å². The molecule has 0 saturated carbocycles. The fourth-order valence-corrected chi connectivity index (χ4v) is 3.00. The number of methoxy groups -OCH3 is 1. The van der Waals surface area contributed by atoms with E-state index in [1.807, 2.05) is 43.3 Å². The highest BCUT2D eigenvalue weighted by Crippen LogP contribution is 2.22. The van der Waals surface area contributed by atoms with E-state index in [-0.39, 0.29) is 11.9 Å². The Morgan fingerprint density at radius 2 is 2.26 bits per heavy atom. The summed E-state index contributed by atoms with van der Waals surface area (Å²) < 4.78 is 10.8. The van der Waals surface area contributed by atoms with Crippen LogP contribution in [0.4, 0.5) is 0 Å². The maximum Gasteiger partial charge on any atom is 0.270 e. The molecule has 1 aliphatic rings. The van der Waals surface area contributed by atoms with Gasteiger partial charge in [0.25, 0.3) is 5.91 Å². The van der Waals surface area contributed by atoms with Gasteiger partial charge in [0, 0.05) is 30.1 Å². The van der Waals surface area contributed by atoms with E-state index in [2.05, 4.69) is 9.88 Å². The molecule has 6 nitrogen and oxygen atoms in total. The Labute approximate surface area is 136 Å². The molecular weight excluding hydrogens is 294 g/mol. The second-order valence-corrected chi connectivity index (χ2v) is 6.13. The van der Waals surface area contributed by atoms with E-state index in [1.54, 1.807) is 7.11 Å². The monoisotopic (exact) mass is 317 g/mol. The molecule has 1 N–H and O–H groups in total. The first-order valence-corrected chi connectivity index (χ1v) is 7.78. The van der Waals surface area contributed by atoms with Gasteiger partial charge >= 0.3 is 0 Å². The molecule has 1 saturated heterocycles. The van der Waals surface area contributed by atoms with Crippen molar-refractivity contribution in [3.63, 3.8) is 0 Å². The summed E-state index contributed by atoms with van der Waals surface area (Å²) in [5, 5.41) is 1.01. The van der Waals surface area contributed by atoms with Gasteiger partial charge in [0.15, 0.2) is 0 Å². The summed E-state index contributed by atoms with van der Waals surface area (Å²) in [5.74, 6) is 0.797. The molecule has 1 aromatic heterocycles. The molecule has 6 heteroatoms. The number of ether oxygens (including phenoxy) is 2. The van der Waals surface area contributed by atoms with Crippen LogP contribution in [0.1, 0.15) is 10.5 Å². The number of rotatable bonds is 4. The number of aromatic nitrogens is 1. The fourth-order valence-electron chi connectivity index (χ4n) is 3.00. The molecule has 0 bridgehead atoms. The van der Waals surface area contributed by atoms with Crippen LogP contribution >= 0.6 is 0 Å². The number of carbonyl (C=O) groups is 1. The molecule has 1 amide bonds. The number of hydrogen-bond acceptors (Lipinski definition) is 4. The summed E-state index contributed by atoms with van der Waals surface area (Å²) in [6.45, 7) is 2.58. The van der Waals surface area contributed by atoms with Crippen LogP contribution < -0.4 is 4.74 Å². The number of hydrogen-bond donors (Lipinski definition) is 1. The van der Waals surface area contributed by atoms with Crippen LogP contribution in [0.25, 0.3) is 10.9 Å². The molecule has 2 heterocycles. The molecule has 0 unspecified atom stereocenters. The molecule has 0 spiro atoms. The lowest BCUT2D eigenvalue weighted by Crippen LogP contribution is -2.52. The van der Waals surface area contributed by atoms with Gasteiger partial charge in [0.2, 0.25) is 0 Å². The summed E-state index contributed by atoms with van der Waals surface area (Å²) in [7, 11) is 5.65. The van der Waals surface area contributed by atoms with Crippen LogP contribution in [0.3, 0.4) is 0 Å². The van der Waals surface area contributed by atoms with Gasteiger partial charge in [-0.1, -0.05) is 0 Å². The second-order valence-electron chi connectivity index (χ2n) is 6.13. The van der Waals surface area contributed by atoms with E-state index in [1.165, 1.54) is 0 Å². The van der Waals surface area contributed by atoms with Crippen molar-refractivity contribution in [3.05, 3.63) is 30.0 Å². The van der Waals surface area contributed by atoms with Crippen molar-refractivity contribution in [2.24, 2.45) is 0 Å². The number of amides is 1. The average Bonchev–Trinajstić information content (AvgIpc) is 2.97. The van der Waals surface area contributed by atoms with Crippen LogP contribution in [0, 0.1) is 0 Å². The van der Waals surface area contributed by atoms with Crippen molar-refractivity contribution >= 4 is 16.8 Å². The van der Waals surface area contributed by atoms with Gasteiger partial charge in [-0.15, -0.1) is 0 Å². The highest BCUT2D eigenvalue weighted by Gasteiger charge is 2.29. The Hall–Kier alpha value is -2.05. The molecule has 2 aromatic rings. The Morgan fingerprint density at radius 3 is 3.00 bits per heavy atom. The molecule has 1 aromatic carbocycles. The largest absolute Gasteiger partial charge is 0.497 e. The minimum Gasteiger partial charge on any atom is -0.497 e. The van der Waals surface area contributed by atoms with Gasteiger partial charge in [-0.2, -0.15) is 0 Å². The predicted molar refractivity (Wildman–Crippen MR) is 89.0 cm³/mol. The highest BCUT2D eigenvalue weighted by atomic mass is 16.5. The number of nitrogens with one attached hydrogen (secondary N) is 1. The van der Waals surface area contributed by atoms with E-state index >= 15 is 0 Å². The number of nitrogens with zero attached hydrogens (tertiary/aromatic N) is 2. The summed E-state index contributed by atoms with van der Waals surface area (Å²) >= 11 is 0. The number of benzene rings is 1. The van der Waals surface area contributed by atoms with Crippen molar-refractivity contribution in [2.45, 2.75) is 6.04 Å². The minimum absolute atomic E-state index is 0.0234. The number of fused-ring (bicyclic) bond motifs is 1. The van der Waals surface area contributed by atoms with Crippen molar-refractivity contribution in [1.29, 1.82) is 0 Å².